The molecule has 224 valence electrons. The van der Waals surface area contributed by atoms with Crippen LogP contribution in [0.4, 0.5) is 11.5 Å². The van der Waals surface area contributed by atoms with Gasteiger partial charge in [0.2, 0.25) is 5.91 Å². The molecule has 1 atom stereocenters. The van der Waals surface area contributed by atoms with Crippen LogP contribution < -0.4 is 10.6 Å². The molecule has 0 bridgehead atoms. The average Bonchev–Trinajstić information content (AvgIpc) is 2.96. The molecule has 12 heteroatoms. The van der Waals surface area contributed by atoms with E-state index in [2.05, 4.69) is 34.4 Å². The number of rotatable bonds is 10. The maximum absolute atomic E-state index is 13.2. The predicted octanol–water partition coefficient (Wildman–Crippen LogP) is 6.07. The molecular formula is C30H34Cl3N5O4. The van der Waals surface area contributed by atoms with E-state index in [9.17, 15) is 19.5 Å². The van der Waals surface area contributed by atoms with Gasteiger partial charge in [-0.25, -0.2) is 4.98 Å². The van der Waals surface area contributed by atoms with Crippen molar-refractivity contribution in [1.29, 1.82) is 0 Å². The average molecular weight is 635 g/mol. The highest BCUT2D eigenvalue weighted by Crippen LogP contribution is 2.33. The molecular weight excluding hydrogens is 601 g/mol. The summed E-state index contributed by atoms with van der Waals surface area (Å²) in [5, 5.41) is 16.3. The Morgan fingerprint density at radius 3 is 2.38 bits per heavy atom. The number of nitrogens with zero attached hydrogens (tertiary/aromatic N) is 3. The Hall–Kier alpha value is -3.37. The van der Waals surface area contributed by atoms with Gasteiger partial charge in [0.1, 0.15) is 11.6 Å². The summed E-state index contributed by atoms with van der Waals surface area (Å²) >= 11 is 11.9. The number of amides is 3. The molecule has 1 aliphatic heterocycles. The summed E-state index contributed by atoms with van der Waals surface area (Å²) in [4.78, 5) is 47.6. The number of hydrogen-bond acceptors (Lipinski definition) is 6. The molecule has 1 unspecified atom stereocenters. The topological polar surface area (TPSA) is 115 Å². The van der Waals surface area contributed by atoms with E-state index in [0.717, 1.165) is 44.6 Å². The number of pyridine rings is 1. The molecule has 9 nitrogen and oxygen atoms in total. The van der Waals surface area contributed by atoms with E-state index in [1.54, 1.807) is 30.3 Å². The van der Waals surface area contributed by atoms with Crippen molar-refractivity contribution in [2.24, 2.45) is 0 Å². The lowest BCUT2D eigenvalue weighted by Crippen LogP contribution is -2.44. The minimum Gasteiger partial charge on any atom is -0.506 e. The van der Waals surface area contributed by atoms with Gasteiger partial charge in [0.25, 0.3) is 11.8 Å². The fourth-order valence-corrected chi connectivity index (χ4v) is 5.19. The third-order valence-corrected chi connectivity index (χ3v) is 7.66. The number of halogens is 3. The van der Waals surface area contributed by atoms with Gasteiger partial charge in [0.05, 0.1) is 22.2 Å². The van der Waals surface area contributed by atoms with Crippen molar-refractivity contribution in [3.8, 4) is 5.75 Å². The van der Waals surface area contributed by atoms with Gasteiger partial charge in [-0.1, -0.05) is 49.2 Å². The quantitative estimate of drug-likeness (QED) is 0.233. The molecule has 2 aromatic carbocycles. The molecule has 1 aromatic heterocycles. The summed E-state index contributed by atoms with van der Waals surface area (Å²) in [5.41, 5.74) is 1.01. The van der Waals surface area contributed by atoms with Crippen molar-refractivity contribution >= 4 is 64.8 Å². The zero-order chi connectivity index (χ0) is 29.5. The van der Waals surface area contributed by atoms with Crippen LogP contribution in [0.5, 0.6) is 5.75 Å². The lowest BCUT2D eigenvalue weighted by atomic mass is 9.89. The van der Waals surface area contributed by atoms with Crippen molar-refractivity contribution < 1.29 is 19.5 Å². The Morgan fingerprint density at radius 2 is 1.74 bits per heavy atom. The summed E-state index contributed by atoms with van der Waals surface area (Å²) in [7, 11) is 0. The number of carbonyl (C=O) groups excluding carboxylic acids is 3. The smallest absolute Gasteiger partial charge is 0.259 e. The maximum atomic E-state index is 13.2. The second-order valence-corrected chi connectivity index (χ2v) is 10.7. The minimum atomic E-state index is -0.635. The monoisotopic (exact) mass is 633 g/mol. The van der Waals surface area contributed by atoms with Gasteiger partial charge in [-0.2, -0.15) is 0 Å². The molecule has 0 radical (unpaired) electrons. The Kier molecular flexibility index (Phi) is 12.0. The number of benzene rings is 2. The number of nitrogens with one attached hydrogen (secondary N) is 2. The van der Waals surface area contributed by atoms with E-state index in [-0.39, 0.29) is 52.1 Å². The number of phenols is 1. The van der Waals surface area contributed by atoms with E-state index in [1.807, 2.05) is 4.90 Å². The predicted molar refractivity (Wildman–Crippen MR) is 168 cm³/mol. The van der Waals surface area contributed by atoms with Crippen LogP contribution in [0.15, 0.2) is 54.7 Å². The second-order valence-electron chi connectivity index (χ2n) is 9.79. The van der Waals surface area contributed by atoms with Crippen molar-refractivity contribution in [2.45, 2.75) is 32.6 Å². The maximum Gasteiger partial charge on any atom is 0.259 e. The number of piperidine rings is 1. The zero-order valence-electron chi connectivity index (χ0n) is 23.4. The fraction of sp³-hybridized carbons (Fsp3) is 0.333. The first-order chi connectivity index (χ1) is 19.7. The van der Waals surface area contributed by atoms with Gasteiger partial charge in [-0.05, 0) is 61.8 Å². The number of likely N-dealkylation sites (N-methyl/N-ethyl adjacent to an activating group) is 1. The minimum absolute atomic E-state index is 0. The molecule has 3 amide bonds. The standard InChI is InChI=1S/C30H33Cl2N5O4.ClH/c1-3-36(4-2)14-15-37-13-5-6-23(30(37)41)19-7-9-20(10-8-19)28(39)35-27-24(16-22(32)17-25(27)38)29(40)34-26-12-11-21(31)18-33-26;/h7-12,16-18,23,38H,3-6,13-15H2,1-2H3,(H,35,39)(H,33,34,40);1H. The van der Waals surface area contributed by atoms with Crippen LogP contribution in [-0.2, 0) is 4.79 Å². The molecule has 1 aliphatic rings. The van der Waals surface area contributed by atoms with Crippen LogP contribution in [0.2, 0.25) is 10.0 Å². The Bertz CT molecular complexity index is 1400. The van der Waals surface area contributed by atoms with Gasteiger partial charge in [-0.3, -0.25) is 14.4 Å². The summed E-state index contributed by atoms with van der Waals surface area (Å²) < 4.78 is 0. The van der Waals surface area contributed by atoms with Crippen LogP contribution in [0.25, 0.3) is 0 Å². The van der Waals surface area contributed by atoms with Crippen molar-refractivity contribution in [2.75, 3.05) is 43.4 Å². The van der Waals surface area contributed by atoms with Gasteiger partial charge in [0, 0.05) is 42.5 Å². The highest BCUT2D eigenvalue weighted by atomic mass is 35.5. The van der Waals surface area contributed by atoms with Crippen LogP contribution >= 0.6 is 35.6 Å². The van der Waals surface area contributed by atoms with Gasteiger partial charge in [-0.15, -0.1) is 12.4 Å². The summed E-state index contributed by atoms with van der Waals surface area (Å²) in [6.45, 7) is 8.43. The van der Waals surface area contributed by atoms with E-state index in [0.29, 0.717) is 17.1 Å². The molecule has 3 N–H and O–H groups in total. The third-order valence-electron chi connectivity index (χ3n) is 7.22. The van der Waals surface area contributed by atoms with Crippen molar-refractivity contribution in [3.63, 3.8) is 0 Å². The number of phenolic OH excluding ortho intramolecular Hbond substituents is 1. The largest absolute Gasteiger partial charge is 0.506 e. The molecule has 1 fully saturated rings. The lowest BCUT2D eigenvalue weighted by molar-refractivity contribution is -0.135. The Balaban J connectivity index is 0.00000484. The van der Waals surface area contributed by atoms with E-state index >= 15 is 0 Å². The first kappa shape index (κ1) is 33.1. The highest BCUT2D eigenvalue weighted by Gasteiger charge is 2.30. The number of anilines is 2. The molecule has 0 spiro atoms. The molecule has 42 heavy (non-hydrogen) atoms. The Morgan fingerprint density at radius 1 is 1.02 bits per heavy atom. The molecule has 0 aliphatic carbocycles. The highest BCUT2D eigenvalue weighted by molar-refractivity contribution is 6.32. The number of aromatic hydroxyl groups is 1. The normalized spacial score (nSPS) is 14.8. The van der Waals surface area contributed by atoms with Crippen LogP contribution in [-0.4, -0.2) is 70.3 Å². The number of hydrogen-bond donors (Lipinski definition) is 3. The summed E-state index contributed by atoms with van der Waals surface area (Å²) in [6.07, 6.45) is 3.05. The molecule has 1 saturated heterocycles. The summed E-state index contributed by atoms with van der Waals surface area (Å²) in [5.74, 6) is -1.45. The van der Waals surface area contributed by atoms with Crippen LogP contribution in [0, 0.1) is 0 Å². The third kappa shape index (κ3) is 8.13. The SMILES string of the molecule is CCN(CC)CCN1CCCC(c2ccc(C(=O)Nc3c(O)cc(Cl)cc3C(=O)Nc3ccc(Cl)cn3)cc2)C1=O.Cl. The van der Waals surface area contributed by atoms with Gasteiger partial charge >= 0.3 is 0 Å². The van der Waals surface area contributed by atoms with Gasteiger partial charge < -0.3 is 25.5 Å². The van der Waals surface area contributed by atoms with Crippen molar-refractivity contribution in [1.82, 2.24) is 14.8 Å². The van der Waals surface area contributed by atoms with E-state index in [1.165, 1.54) is 24.4 Å². The zero-order valence-corrected chi connectivity index (χ0v) is 25.7. The lowest BCUT2D eigenvalue weighted by Gasteiger charge is -2.34. The van der Waals surface area contributed by atoms with Gasteiger partial charge in [0.15, 0.2) is 0 Å². The second kappa shape index (κ2) is 15.2. The van der Waals surface area contributed by atoms with E-state index < -0.39 is 11.8 Å². The Labute approximate surface area is 261 Å². The fourth-order valence-electron chi connectivity index (χ4n) is 4.86. The van der Waals surface area contributed by atoms with Crippen molar-refractivity contribution in [3.05, 3.63) is 81.5 Å². The summed E-state index contributed by atoms with van der Waals surface area (Å²) in [6, 6.07) is 12.5. The molecule has 0 saturated carbocycles. The molecule has 2 heterocycles. The number of likely N-dealkylation sites (tertiary alicyclic amines) is 1. The number of carbonyl (C=O) groups is 3. The number of aromatic nitrogens is 1. The van der Waals surface area contributed by atoms with Crippen LogP contribution in [0.1, 0.15) is 58.9 Å². The molecule has 3 aromatic rings. The molecule has 4 rings (SSSR count). The first-order valence-corrected chi connectivity index (χ1v) is 14.3. The first-order valence-electron chi connectivity index (χ1n) is 13.6. The van der Waals surface area contributed by atoms with E-state index in [4.69, 9.17) is 23.2 Å². The van der Waals surface area contributed by atoms with Crippen LogP contribution in [0.3, 0.4) is 0 Å².